The normalized spacial score (nSPS) is 11.8. The van der Waals surface area contributed by atoms with E-state index < -0.39 is 0 Å². The lowest BCUT2D eigenvalue weighted by molar-refractivity contribution is 0.399. The molecule has 3 rings (SSSR count). The number of fused-ring (bicyclic) bond motifs is 1. The topological polar surface area (TPSA) is 39.9 Å². The van der Waals surface area contributed by atoms with Crippen LogP contribution in [-0.4, -0.2) is 21.6 Å². The average molecular weight is 281 g/mol. The molecule has 0 saturated heterocycles. The molecule has 4 heteroatoms. The van der Waals surface area contributed by atoms with Gasteiger partial charge in [0.05, 0.1) is 7.11 Å². The van der Waals surface area contributed by atoms with Gasteiger partial charge in [-0.2, -0.15) is 4.98 Å². The van der Waals surface area contributed by atoms with Gasteiger partial charge in [0.2, 0.25) is 5.88 Å². The van der Waals surface area contributed by atoms with Crippen LogP contribution < -0.4 is 4.74 Å². The Morgan fingerprint density at radius 2 is 1.71 bits per heavy atom. The van der Waals surface area contributed by atoms with Crippen LogP contribution in [0.4, 0.5) is 0 Å². The van der Waals surface area contributed by atoms with Crippen LogP contribution in [-0.2, 0) is 5.41 Å². The van der Waals surface area contributed by atoms with E-state index in [1.54, 1.807) is 13.4 Å². The molecule has 0 spiro atoms. The summed E-state index contributed by atoms with van der Waals surface area (Å²) in [4.78, 5) is 8.87. The minimum Gasteiger partial charge on any atom is -0.481 e. The van der Waals surface area contributed by atoms with Crippen molar-refractivity contribution in [1.82, 2.24) is 14.5 Å². The highest BCUT2D eigenvalue weighted by Gasteiger charge is 2.14. The molecule has 0 fully saturated rings. The van der Waals surface area contributed by atoms with Crippen molar-refractivity contribution in [3.8, 4) is 11.6 Å². The minimum absolute atomic E-state index is 0.150. The van der Waals surface area contributed by atoms with Crippen LogP contribution in [0.5, 0.6) is 5.88 Å². The number of aromatic nitrogens is 3. The fraction of sp³-hybridized carbons (Fsp3) is 0.294. The van der Waals surface area contributed by atoms with Crippen molar-refractivity contribution in [1.29, 1.82) is 0 Å². The van der Waals surface area contributed by atoms with Crippen LogP contribution >= 0.6 is 0 Å². The Bertz CT molecular complexity index is 767. The highest BCUT2D eigenvalue weighted by atomic mass is 16.5. The van der Waals surface area contributed by atoms with Gasteiger partial charge in [-0.15, -0.1) is 0 Å². The molecule has 0 aliphatic rings. The van der Waals surface area contributed by atoms with Gasteiger partial charge in [0.25, 0.3) is 0 Å². The lowest BCUT2D eigenvalue weighted by Gasteiger charge is -2.19. The molecule has 2 aromatic heterocycles. The Hall–Kier alpha value is -2.36. The maximum absolute atomic E-state index is 5.19. The first-order chi connectivity index (χ1) is 9.99. The molecule has 0 unspecified atom stereocenters. The molecule has 0 N–H and O–H groups in total. The fourth-order valence-electron chi connectivity index (χ4n) is 2.30. The van der Waals surface area contributed by atoms with Crippen molar-refractivity contribution < 1.29 is 4.74 Å². The van der Waals surface area contributed by atoms with Crippen molar-refractivity contribution in [2.24, 2.45) is 0 Å². The van der Waals surface area contributed by atoms with E-state index in [0.717, 1.165) is 16.9 Å². The van der Waals surface area contributed by atoms with Crippen LogP contribution in [0.25, 0.3) is 16.9 Å². The molecular formula is C17H19N3O. The monoisotopic (exact) mass is 281 g/mol. The third-order valence-corrected chi connectivity index (χ3v) is 3.59. The maximum atomic E-state index is 5.19. The van der Waals surface area contributed by atoms with Crippen molar-refractivity contribution in [2.75, 3.05) is 7.11 Å². The lowest BCUT2D eigenvalue weighted by atomic mass is 9.87. The summed E-state index contributed by atoms with van der Waals surface area (Å²) in [5, 5.41) is 0. The van der Waals surface area contributed by atoms with Gasteiger partial charge >= 0.3 is 0 Å². The van der Waals surface area contributed by atoms with Crippen LogP contribution in [0.15, 0.2) is 42.7 Å². The first-order valence-electron chi connectivity index (χ1n) is 6.98. The Labute approximate surface area is 124 Å². The van der Waals surface area contributed by atoms with E-state index in [9.17, 15) is 0 Å². The Morgan fingerprint density at radius 3 is 2.33 bits per heavy atom. The van der Waals surface area contributed by atoms with Gasteiger partial charge < -0.3 is 4.74 Å². The Balaban J connectivity index is 2.08. The molecule has 0 radical (unpaired) electrons. The second kappa shape index (κ2) is 4.88. The number of nitrogens with zero attached hydrogens (tertiary/aromatic N) is 3. The SMILES string of the molecule is COc1ccc2ncn(-c3ccc(C(C)(C)C)cc3)c2n1. The smallest absolute Gasteiger partial charge is 0.215 e. The van der Waals surface area contributed by atoms with Gasteiger partial charge in [-0.05, 0) is 29.2 Å². The number of ether oxygens (including phenoxy) is 1. The standard InChI is InChI=1S/C17H19N3O/c1-17(2,3)12-5-7-13(8-6-12)20-11-18-14-9-10-15(21-4)19-16(14)20/h5-11H,1-4H3. The molecule has 21 heavy (non-hydrogen) atoms. The Kier molecular flexibility index (Phi) is 3.16. The highest BCUT2D eigenvalue weighted by Crippen LogP contribution is 2.24. The molecule has 1 aromatic carbocycles. The molecule has 3 aromatic rings. The van der Waals surface area contributed by atoms with E-state index in [2.05, 4.69) is 55.0 Å². The molecular weight excluding hydrogens is 262 g/mol. The van der Waals surface area contributed by atoms with Crippen molar-refractivity contribution in [2.45, 2.75) is 26.2 Å². The fourth-order valence-corrected chi connectivity index (χ4v) is 2.30. The van der Waals surface area contributed by atoms with E-state index in [4.69, 9.17) is 4.74 Å². The second-order valence-electron chi connectivity index (χ2n) is 6.11. The highest BCUT2D eigenvalue weighted by molar-refractivity contribution is 5.73. The largest absolute Gasteiger partial charge is 0.481 e. The molecule has 4 nitrogen and oxygen atoms in total. The van der Waals surface area contributed by atoms with Gasteiger partial charge in [-0.25, -0.2) is 4.98 Å². The molecule has 108 valence electrons. The zero-order valence-electron chi connectivity index (χ0n) is 12.8. The summed E-state index contributed by atoms with van der Waals surface area (Å²) in [7, 11) is 1.62. The predicted molar refractivity (Wildman–Crippen MR) is 84.1 cm³/mol. The van der Waals surface area contributed by atoms with Gasteiger partial charge in [0, 0.05) is 11.8 Å². The van der Waals surface area contributed by atoms with E-state index in [1.165, 1.54) is 5.56 Å². The summed E-state index contributed by atoms with van der Waals surface area (Å²) in [6.07, 6.45) is 1.79. The molecule has 0 saturated carbocycles. The van der Waals surface area contributed by atoms with Gasteiger partial charge in [0.1, 0.15) is 11.8 Å². The first-order valence-corrected chi connectivity index (χ1v) is 6.98. The van der Waals surface area contributed by atoms with Crippen LogP contribution in [0.1, 0.15) is 26.3 Å². The first kappa shape index (κ1) is 13.6. The number of pyridine rings is 1. The van der Waals surface area contributed by atoms with Gasteiger partial charge in [-0.3, -0.25) is 4.57 Å². The predicted octanol–water partition coefficient (Wildman–Crippen LogP) is 3.73. The molecule has 2 heterocycles. The third-order valence-electron chi connectivity index (χ3n) is 3.59. The average Bonchev–Trinajstić information content (AvgIpc) is 2.89. The van der Waals surface area contributed by atoms with E-state index >= 15 is 0 Å². The van der Waals surface area contributed by atoms with Gasteiger partial charge in [0.15, 0.2) is 5.65 Å². The third kappa shape index (κ3) is 2.49. The van der Waals surface area contributed by atoms with Gasteiger partial charge in [-0.1, -0.05) is 32.9 Å². The number of benzene rings is 1. The summed E-state index contributed by atoms with van der Waals surface area (Å²) in [5.41, 5.74) is 4.16. The second-order valence-corrected chi connectivity index (χ2v) is 6.11. The molecule has 0 aliphatic heterocycles. The van der Waals surface area contributed by atoms with E-state index in [1.807, 2.05) is 16.7 Å². The maximum Gasteiger partial charge on any atom is 0.215 e. The molecule has 0 aliphatic carbocycles. The van der Waals surface area contributed by atoms with Crippen LogP contribution in [0.3, 0.4) is 0 Å². The minimum atomic E-state index is 0.150. The van der Waals surface area contributed by atoms with Crippen molar-refractivity contribution in [3.05, 3.63) is 48.3 Å². The van der Waals surface area contributed by atoms with Crippen LogP contribution in [0, 0.1) is 0 Å². The van der Waals surface area contributed by atoms with Crippen molar-refractivity contribution in [3.63, 3.8) is 0 Å². The van der Waals surface area contributed by atoms with Crippen LogP contribution in [0.2, 0.25) is 0 Å². The summed E-state index contributed by atoms with van der Waals surface area (Å²) < 4.78 is 7.17. The molecule has 0 bridgehead atoms. The lowest BCUT2D eigenvalue weighted by Crippen LogP contribution is -2.10. The number of rotatable bonds is 2. The number of imidazole rings is 1. The van der Waals surface area contributed by atoms with E-state index in [-0.39, 0.29) is 5.41 Å². The molecule has 0 atom stereocenters. The van der Waals surface area contributed by atoms with E-state index in [0.29, 0.717) is 5.88 Å². The number of hydrogen-bond donors (Lipinski definition) is 0. The summed E-state index contributed by atoms with van der Waals surface area (Å²) >= 11 is 0. The number of hydrogen-bond acceptors (Lipinski definition) is 3. The molecule has 0 amide bonds. The van der Waals surface area contributed by atoms with Crippen molar-refractivity contribution >= 4 is 11.2 Å². The number of methoxy groups -OCH3 is 1. The quantitative estimate of drug-likeness (QED) is 0.718. The zero-order chi connectivity index (χ0) is 15.0. The summed E-state index contributed by atoms with van der Waals surface area (Å²) in [5.74, 6) is 0.593. The zero-order valence-corrected chi connectivity index (χ0v) is 12.8. The Morgan fingerprint density at radius 1 is 1.00 bits per heavy atom. The summed E-state index contributed by atoms with van der Waals surface area (Å²) in [6, 6.07) is 12.2. The summed E-state index contributed by atoms with van der Waals surface area (Å²) in [6.45, 7) is 6.63.